The van der Waals surface area contributed by atoms with E-state index in [2.05, 4.69) is 5.32 Å². The van der Waals surface area contributed by atoms with Gasteiger partial charge in [0.15, 0.2) is 0 Å². The van der Waals surface area contributed by atoms with E-state index in [4.69, 9.17) is 10.2 Å². The topological polar surface area (TPSA) is 92.6 Å². The Morgan fingerprint density at radius 3 is 2.40 bits per heavy atom. The number of aliphatic carboxylic acids is 1. The molecule has 1 fully saturated rings. The standard InChI is InChI=1S/C5H9NO4/c7-2-1-6-3(4(2)8)5(9)10/h2-4,6-8H,1H2,(H,9,10)/p-1/t2-,3-,4+/m0/s1. The van der Waals surface area contributed by atoms with Crippen molar-refractivity contribution >= 4 is 5.97 Å². The molecule has 0 saturated carbocycles. The SMILES string of the molecule is O=C([O-])[C@H]1NC[C@H](O)[C@H]1O. The first kappa shape index (κ1) is 7.46. The van der Waals surface area contributed by atoms with Crippen LogP contribution in [0.2, 0.25) is 0 Å². The summed E-state index contributed by atoms with van der Waals surface area (Å²) in [6.07, 6.45) is -2.24. The zero-order chi connectivity index (χ0) is 7.72. The van der Waals surface area contributed by atoms with E-state index < -0.39 is 24.2 Å². The second-order valence-corrected chi connectivity index (χ2v) is 2.26. The average molecular weight is 146 g/mol. The Bertz CT molecular complexity index is 149. The molecule has 0 aromatic heterocycles. The Balaban J connectivity index is 2.57. The van der Waals surface area contributed by atoms with Crippen LogP contribution in [0.15, 0.2) is 0 Å². The maximum absolute atomic E-state index is 10.1. The molecule has 3 N–H and O–H groups in total. The summed E-state index contributed by atoms with van der Waals surface area (Å²) in [7, 11) is 0. The van der Waals surface area contributed by atoms with Crippen LogP contribution in [0.3, 0.4) is 0 Å². The molecular weight excluding hydrogens is 138 g/mol. The molecule has 1 saturated heterocycles. The van der Waals surface area contributed by atoms with E-state index in [0.29, 0.717) is 0 Å². The van der Waals surface area contributed by atoms with Gasteiger partial charge in [-0.25, -0.2) is 0 Å². The van der Waals surface area contributed by atoms with Crippen LogP contribution in [0, 0.1) is 0 Å². The number of aliphatic hydroxyl groups is 2. The molecule has 0 aliphatic carbocycles. The molecule has 5 heteroatoms. The normalized spacial score (nSPS) is 40.0. The van der Waals surface area contributed by atoms with Crippen LogP contribution in [0.5, 0.6) is 0 Å². The summed E-state index contributed by atoms with van der Waals surface area (Å²) in [5.74, 6) is -1.39. The first-order valence-electron chi connectivity index (χ1n) is 2.93. The van der Waals surface area contributed by atoms with Gasteiger partial charge in [-0.3, -0.25) is 0 Å². The Hall–Kier alpha value is -0.650. The van der Waals surface area contributed by atoms with E-state index in [0.717, 1.165) is 0 Å². The molecule has 10 heavy (non-hydrogen) atoms. The molecule has 0 radical (unpaired) electrons. The van der Waals surface area contributed by atoms with Gasteiger partial charge in [0, 0.05) is 6.54 Å². The fourth-order valence-electron chi connectivity index (χ4n) is 0.934. The van der Waals surface area contributed by atoms with Gasteiger partial charge < -0.3 is 25.4 Å². The first-order valence-corrected chi connectivity index (χ1v) is 2.93. The molecule has 0 aromatic carbocycles. The van der Waals surface area contributed by atoms with Gasteiger partial charge in [0.2, 0.25) is 0 Å². The Morgan fingerprint density at radius 2 is 2.20 bits per heavy atom. The van der Waals surface area contributed by atoms with Gasteiger partial charge in [-0.15, -0.1) is 0 Å². The first-order chi connectivity index (χ1) is 4.63. The highest BCUT2D eigenvalue weighted by Gasteiger charge is 2.33. The minimum Gasteiger partial charge on any atom is -0.548 e. The lowest BCUT2D eigenvalue weighted by Crippen LogP contribution is -2.48. The summed E-state index contributed by atoms with van der Waals surface area (Å²) in [6, 6.07) is -1.13. The molecule has 1 rings (SSSR count). The van der Waals surface area contributed by atoms with Crippen molar-refractivity contribution in [1.82, 2.24) is 5.32 Å². The van der Waals surface area contributed by atoms with Gasteiger partial charge in [-0.05, 0) is 0 Å². The smallest absolute Gasteiger partial charge is 0.102 e. The zero-order valence-corrected chi connectivity index (χ0v) is 5.15. The summed E-state index contributed by atoms with van der Waals surface area (Å²) in [5, 5.41) is 30.2. The lowest BCUT2D eigenvalue weighted by molar-refractivity contribution is -0.310. The van der Waals surface area contributed by atoms with Crippen molar-refractivity contribution in [2.24, 2.45) is 0 Å². The van der Waals surface area contributed by atoms with Crippen LogP contribution in [-0.4, -0.2) is 41.0 Å². The summed E-state index contributed by atoms with van der Waals surface area (Å²) in [4.78, 5) is 10.1. The summed E-state index contributed by atoms with van der Waals surface area (Å²) in [6.45, 7) is 0.0970. The highest BCUT2D eigenvalue weighted by Crippen LogP contribution is 2.06. The minimum atomic E-state index is -1.39. The molecule has 0 spiro atoms. The molecule has 1 aliphatic heterocycles. The van der Waals surface area contributed by atoms with Crippen molar-refractivity contribution in [3.63, 3.8) is 0 Å². The second kappa shape index (κ2) is 2.53. The third kappa shape index (κ3) is 1.11. The molecule has 58 valence electrons. The molecule has 5 nitrogen and oxygen atoms in total. The maximum atomic E-state index is 10.1. The second-order valence-electron chi connectivity index (χ2n) is 2.26. The van der Waals surface area contributed by atoms with E-state index in [1.807, 2.05) is 0 Å². The number of rotatable bonds is 1. The van der Waals surface area contributed by atoms with Crippen LogP contribution < -0.4 is 10.4 Å². The van der Waals surface area contributed by atoms with Crippen LogP contribution >= 0.6 is 0 Å². The fraction of sp³-hybridized carbons (Fsp3) is 0.800. The lowest BCUT2D eigenvalue weighted by atomic mass is 10.1. The Kier molecular flexibility index (Phi) is 1.89. The molecule has 0 aromatic rings. The lowest BCUT2D eigenvalue weighted by Gasteiger charge is -2.15. The van der Waals surface area contributed by atoms with Crippen molar-refractivity contribution in [2.45, 2.75) is 18.2 Å². The van der Waals surface area contributed by atoms with E-state index in [9.17, 15) is 9.90 Å². The highest BCUT2D eigenvalue weighted by molar-refractivity contribution is 5.72. The van der Waals surface area contributed by atoms with E-state index in [1.165, 1.54) is 0 Å². The van der Waals surface area contributed by atoms with Gasteiger partial charge in [-0.2, -0.15) is 0 Å². The summed E-state index contributed by atoms with van der Waals surface area (Å²) >= 11 is 0. The third-order valence-corrected chi connectivity index (χ3v) is 1.54. The quantitative estimate of drug-likeness (QED) is 0.356. The van der Waals surface area contributed by atoms with E-state index in [-0.39, 0.29) is 6.54 Å². The number of carboxylic acid groups (broad SMARTS) is 1. The Labute approximate surface area is 57.3 Å². The predicted octanol–water partition coefficient (Wildman–Crippen LogP) is -3.57. The van der Waals surface area contributed by atoms with Crippen molar-refractivity contribution < 1.29 is 20.1 Å². The van der Waals surface area contributed by atoms with Crippen molar-refractivity contribution in [3.05, 3.63) is 0 Å². The van der Waals surface area contributed by atoms with Gasteiger partial charge in [0.1, 0.15) is 6.10 Å². The van der Waals surface area contributed by atoms with E-state index in [1.54, 1.807) is 0 Å². The molecule has 0 unspecified atom stereocenters. The number of hydrogen-bond acceptors (Lipinski definition) is 5. The molecule has 1 heterocycles. The number of carbonyl (C=O) groups excluding carboxylic acids is 1. The fourth-order valence-corrected chi connectivity index (χ4v) is 0.934. The average Bonchev–Trinajstić information content (AvgIpc) is 2.14. The summed E-state index contributed by atoms with van der Waals surface area (Å²) < 4.78 is 0. The van der Waals surface area contributed by atoms with Crippen molar-refractivity contribution in [1.29, 1.82) is 0 Å². The molecular formula is C5H8NO4-. The molecule has 3 atom stereocenters. The molecule has 0 bridgehead atoms. The van der Waals surface area contributed by atoms with Gasteiger partial charge in [-0.1, -0.05) is 0 Å². The number of hydrogen-bond donors (Lipinski definition) is 3. The number of carboxylic acids is 1. The molecule has 1 aliphatic rings. The molecule has 0 amide bonds. The van der Waals surface area contributed by atoms with Crippen LogP contribution in [0.4, 0.5) is 0 Å². The largest absolute Gasteiger partial charge is 0.548 e. The predicted molar refractivity (Wildman–Crippen MR) is 28.8 cm³/mol. The minimum absolute atomic E-state index is 0.0970. The van der Waals surface area contributed by atoms with Gasteiger partial charge in [0.05, 0.1) is 18.1 Å². The monoisotopic (exact) mass is 146 g/mol. The number of aliphatic hydroxyl groups excluding tert-OH is 2. The van der Waals surface area contributed by atoms with E-state index >= 15 is 0 Å². The highest BCUT2D eigenvalue weighted by atomic mass is 16.4. The maximum Gasteiger partial charge on any atom is 0.102 e. The number of carbonyl (C=O) groups is 1. The summed E-state index contributed by atoms with van der Waals surface area (Å²) in [5.41, 5.74) is 0. The zero-order valence-electron chi connectivity index (χ0n) is 5.15. The third-order valence-electron chi connectivity index (χ3n) is 1.54. The van der Waals surface area contributed by atoms with Crippen molar-refractivity contribution in [3.8, 4) is 0 Å². The number of β-amino-alcohol motifs (C(OH)–C–C–N with tert-alkyl or cyclic N) is 1. The van der Waals surface area contributed by atoms with Gasteiger partial charge in [0.25, 0.3) is 0 Å². The van der Waals surface area contributed by atoms with Crippen molar-refractivity contribution in [2.75, 3.05) is 6.54 Å². The van der Waals surface area contributed by atoms with Crippen LogP contribution in [0.1, 0.15) is 0 Å². The van der Waals surface area contributed by atoms with Crippen LogP contribution in [0.25, 0.3) is 0 Å². The number of nitrogens with one attached hydrogen (secondary N) is 1. The van der Waals surface area contributed by atoms with Gasteiger partial charge >= 0.3 is 0 Å². The van der Waals surface area contributed by atoms with Crippen LogP contribution in [-0.2, 0) is 4.79 Å². The Morgan fingerprint density at radius 1 is 1.60 bits per heavy atom.